The first-order valence-corrected chi connectivity index (χ1v) is 11.6. The van der Waals surface area contributed by atoms with E-state index in [1.807, 2.05) is 48.5 Å². The Labute approximate surface area is 212 Å². The van der Waals surface area contributed by atoms with Crippen LogP contribution in [-0.4, -0.2) is 37.1 Å². The van der Waals surface area contributed by atoms with Gasteiger partial charge in [0.1, 0.15) is 11.5 Å². The number of benzene rings is 3. The molecule has 4 rings (SSSR count). The number of hydrogen-bond acceptors (Lipinski definition) is 6. The zero-order valence-corrected chi connectivity index (χ0v) is 19.8. The lowest BCUT2D eigenvalue weighted by Gasteiger charge is -2.16. The summed E-state index contributed by atoms with van der Waals surface area (Å²) in [7, 11) is 0. The smallest absolute Gasteiger partial charge is 0.251 e. The molecule has 0 bridgehead atoms. The molecule has 1 unspecified atom stereocenters. The monoisotopic (exact) mass is 503 g/mol. The molecule has 37 heavy (non-hydrogen) atoms. The van der Waals surface area contributed by atoms with E-state index in [4.69, 9.17) is 5.21 Å². The second-order valence-corrected chi connectivity index (χ2v) is 8.53. The molecule has 1 heterocycles. The van der Waals surface area contributed by atoms with Crippen LogP contribution in [0.5, 0.6) is 0 Å². The molecule has 0 aliphatic heterocycles. The van der Waals surface area contributed by atoms with Gasteiger partial charge in [0.2, 0.25) is 5.91 Å². The van der Waals surface area contributed by atoms with Crippen LogP contribution >= 0.6 is 0 Å². The zero-order valence-electron chi connectivity index (χ0n) is 19.8. The van der Waals surface area contributed by atoms with Crippen molar-refractivity contribution in [1.82, 2.24) is 25.8 Å². The summed E-state index contributed by atoms with van der Waals surface area (Å²) in [4.78, 5) is 24.2. The van der Waals surface area contributed by atoms with Gasteiger partial charge >= 0.3 is 0 Å². The summed E-state index contributed by atoms with van der Waals surface area (Å²) in [5, 5.41) is 29.3. The highest BCUT2D eigenvalue weighted by Crippen LogP contribution is 2.24. The fourth-order valence-electron chi connectivity index (χ4n) is 3.92. The lowest BCUT2D eigenvalue weighted by molar-refractivity contribution is -0.130. The molecule has 0 saturated carbocycles. The van der Waals surface area contributed by atoms with E-state index in [1.54, 1.807) is 11.7 Å². The molecule has 10 heteroatoms. The highest BCUT2D eigenvalue weighted by molar-refractivity contribution is 5.94. The summed E-state index contributed by atoms with van der Waals surface area (Å²) in [5.41, 5.74) is 6.19. The van der Waals surface area contributed by atoms with Gasteiger partial charge in [-0.2, -0.15) is 0 Å². The Kier molecular flexibility index (Phi) is 8.34. The number of nitrogens with one attached hydrogen (secondary N) is 2. The number of hydrogen-bond donors (Lipinski definition) is 4. The third kappa shape index (κ3) is 6.84. The van der Waals surface area contributed by atoms with Crippen molar-refractivity contribution in [3.8, 4) is 11.1 Å². The quantitative estimate of drug-likeness (QED) is 0.194. The maximum atomic E-state index is 13.1. The Morgan fingerprint density at radius 2 is 1.73 bits per heavy atom. The molecular formula is C27H26FN5O4. The fraction of sp³-hybridized carbons (Fsp3) is 0.185. The molecule has 4 N–H and O–H groups in total. The van der Waals surface area contributed by atoms with E-state index >= 15 is 0 Å². The molecule has 190 valence electrons. The normalized spacial score (nSPS) is 11.6. The third-order valence-corrected chi connectivity index (χ3v) is 5.88. The van der Waals surface area contributed by atoms with Crippen LogP contribution in [0.3, 0.4) is 0 Å². The van der Waals surface area contributed by atoms with Gasteiger partial charge in [0.25, 0.3) is 5.91 Å². The first-order valence-electron chi connectivity index (χ1n) is 11.6. The molecule has 3 aromatic carbocycles. The number of carbonyl (C=O) groups excluding carboxylic acids is 2. The van der Waals surface area contributed by atoms with E-state index in [9.17, 15) is 19.1 Å². The number of carbonyl (C=O) groups is 2. The fourth-order valence-corrected chi connectivity index (χ4v) is 3.92. The molecule has 2 amide bonds. The number of rotatable bonds is 10. The molecule has 1 aromatic heterocycles. The van der Waals surface area contributed by atoms with Crippen LogP contribution in [0.15, 0.2) is 79.0 Å². The summed E-state index contributed by atoms with van der Waals surface area (Å²) in [6.07, 6.45) is 2.03. The topological polar surface area (TPSA) is 129 Å². The van der Waals surface area contributed by atoms with E-state index < -0.39 is 17.8 Å². The number of aliphatic hydroxyl groups excluding tert-OH is 1. The molecule has 1 atom stereocenters. The first kappa shape index (κ1) is 25.7. The Morgan fingerprint density at radius 1 is 0.973 bits per heavy atom. The molecule has 0 aliphatic rings. The maximum Gasteiger partial charge on any atom is 0.251 e. The Morgan fingerprint density at radius 3 is 2.43 bits per heavy atom. The van der Waals surface area contributed by atoms with Crippen LogP contribution in [-0.2, 0) is 24.4 Å². The van der Waals surface area contributed by atoms with E-state index in [1.165, 1.54) is 28.9 Å². The Hall–Kier alpha value is -4.41. The van der Waals surface area contributed by atoms with E-state index in [0.29, 0.717) is 17.7 Å². The van der Waals surface area contributed by atoms with Gasteiger partial charge in [-0.05, 0) is 59.0 Å². The standard InChI is InChI=1S/C27H26FN5O4/c28-23-10-8-21(9-11-23)27(36)29-15-24-16-33(32-30-24)25(14-26(35)31-37)13-18-4-6-20(7-5-18)22-3-1-2-19(12-22)17-34/h1-12,16,25,34,37H,13-15,17H2,(H,29,36)(H,31,35). The zero-order chi connectivity index (χ0) is 26.2. The minimum Gasteiger partial charge on any atom is -0.392 e. The minimum atomic E-state index is -0.566. The molecule has 0 spiro atoms. The summed E-state index contributed by atoms with van der Waals surface area (Å²) < 4.78 is 14.6. The summed E-state index contributed by atoms with van der Waals surface area (Å²) in [6, 6.07) is 20.2. The van der Waals surface area contributed by atoms with E-state index in [0.717, 1.165) is 22.3 Å². The lowest BCUT2D eigenvalue weighted by Crippen LogP contribution is -2.25. The average Bonchev–Trinajstić information content (AvgIpc) is 3.41. The van der Waals surface area contributed by atoms with Gasteiger partial charge in [0.15, 0.2) is 0 Å². The van der Waals surface area contributed by atoms with Crippen molar-refractivity contribution in [1.29, 1.82) is 0 Å². The van der Waals surface area contributed by atoms with Crippen LogP contribution in [0, 0.1) is 5.82 Å². The van der Waals surface area contributed by atoms with Crippen molar-refractivity contribution in [2.75, 3.05) is 0 Å². The molecule has 0 radical (unpaired) electrons. The molecular weight excluding hydrogens is 477 g/mol. The molecule has 0 aliphatic carbocycles. The van der Waals surface area contributed by atoms with Crippen molar-refractivity contribution >= 4 is 11.8 Å². The van der Waals surface area contributed by atoms with Crippen molar-refractivity contribution in [3.63, 3.8) is 0 Å². The molecule has 0 saturated heterocycles. The van der Waals surface area contributed by atoms with E-state index in [2.05, 4.69) is 15.6 Å². The molecule has 0 fully saturated rings. The summed E-state index contributed by atoms with van der Waals surface area (Å²) >= 11 is 0. The van der Waals surface area contributed by atoms with Crippen LogP contribution in [0.1, 0.15) is 39.6 Å². The van der Waals surface area contributed by atoms with Crippen molar-refractivity contribution < 1.29 is 24.3 Å². The van der Waals surface area contributed by atoms with Gasteiger partial charge in [0, 0.05) is 5.56 Å². The van der Waals surface area contributed by atoms with Gasteiger partial charge in [-0.25, -0.2) is 14.6 Å². The summed E-state index contributed by atoms with van der Waals surface area (Å²) in [6.45, 7) is 0.0626. The van der Waals surface area contributed by atoms with Crippen molar-refractivity contribution in [2.45, 2.75) is 32.0 Å². The van der Waals surface area contributed by atoms with Gasteiger partial charge < -0.3 is 10.4 Å². The Bertz CT molecular complexity index is 1360. The number of aromatic nitrogens is 3. The second kappa shape index (κ2) is 12.0. The second-order valence-electron chi connectivity index (χ2n) is 8.53. The van der Waals surface area contributed by atoms with Gasteiger partial charge in [-0.1, -0.05) is 47.7 Å². The van der Waals surface area contributed by atoms with Gasteiger partial charge in [-0.15, -0.1) is 5.10 Å². The molecule has 4 aromatic rings. The lowest BCUT2D eigenvalue weighted by atomic mass is 9.98. The number of nitrogens with zero attached hydrogens (tertiary/aromatic N) is 3. The minimum absolute atomic E-state index is 0.0314. The number of aliphatic hydroxyl groups is 1. The molecule has 9 nitrogen and oxygen atoms in total. The van der Waals surface area contributed by atoms with Gasteiger partial charge in [-0.3, -0.25) is 14.8 Å². The van der Waals surface area contributed by atoms with Crippen LogP contribution in [0.2, 0.25) is 0 Å². The maximum absolute atomic E-state index is 13.1. The van der Waals surface area contributed by atoms with Crippen molar-refractivity contribution in [2.24, 2.45) is 0 Å². The van der Waals surface area contributed by atoms with E-state index in [-0.39, 0.29) is 25.5 Å². The van der Waals surface area contributed by atoms with Crippen LogP contribution in [0.4, 0.5) is 4.39 Å². The predicted octanol–water partition coefficient (Wildman–Crippen LogP) is 3.19. The average molecular weight is 504 g/mol. The number of halogens is 1. The number of amides is 2. The SMILES string of the molecule is O=C(CC(Cc1ccc(-c2cccc(CO)c2)cc1)n1cc(CNC(=O)c2ccc(F)cc2)nn1)NO. The summed E-state index contributed by atoms with van der Waals surface area (Å²) in [5.74, 6) is -1.37. The number of hydroxylamine groups is 1. The first-order chi connectivity index (χ1) is 17.9. The van der Waals surface area contributed by atoms with Crippen molar-refractivity contribution in [3.05, 3.63) is 107 Å². The third-order valence-electron chi connectivity index (χ3n) is 5.88. The Balaban J connectivity index is 1.44. The van der Waals surface area contributed by atoms with Crippen LogP contribution < -0.4 is 10.8 Å². The van der Waals surface area contributed by atoms with Crippen LogP contribution in [0.25, 0.3) is 11.1 Å². The van der Waals surface area contributed by atoms with Gasteiger partial charge in [0.05, 0.1) is 31.8 Å². The predicted molar refractivity (Wildman–Crippen MR) is 133 cm³/mol. The highest BCUT2D eigenvalue weighted by Gasteiger charge is 2.19. The highest BCUT2D eigenvalue weighted by atomic mass is 19.1. The largest absolute Gasteiger partial charge is 0.392 e.